The molecular weight excluding hydrogens is 212 g/mol. The van der Waals surface area contributed by atoms with Crippen LogP contribution in [0.5, 0.6) is 0 Å². The van der Waals surface area contributed by atoms with Crippen molar-refractivity contribution in [3.63, 3.8) is 0 Å². The van der Waals surface area contributed by atoms with Gasteiger partial charge in [0.05, 0.1) is 10.5 Å². The van der Waals surface area contributed by atoms with Crippen LogP contribution in [-0.2, 0) is 15.4 Å². The lowest BCUT2D eigenvalue weighted by Crippen LogP contribution is -2.12. The van der Waals surface area contributed by atoms with Crippen LogP contribution in [0.3, 0.4) is 0 Å². The maximum atomic E-state index is 11.6. The molecule has 1 saturated carbocycles. The molecule has 0 spiro atoms. The zero-order valence-corrected chi connectivity index (χ0v) is 9.63. The largest absolute Gasteiger partial charge is 0.385 e. The molecule has 0 radical (unpaired) electrons. The number of sulfone groups is 1. The molecule has 0 saturated heterocycles. The third kappa shape index (κ3) is 1.92. The van der Waals surface area contributed by atoms with Gasteiger partial charge in [0, 0.05) is 11.8 Å². The monoisotopic (exact) mass is 226 g/mol. The van der Waals surface area contributed by atoms with Crippen molar-refractivity contribution in [2.24, 2.45) is 0 Å². The highest BCUT2D eigenvalue weighted by Gasteiger charge is 2.44. The molecule has 1 aromatic rings. The maximum Gasteiger partial charge on any atom is 0.175 e. The quantitative estimate of drug-likeness (QED) is 0.829. The Morgan fingerprint density at radius 3 is 2.40 bits per heavy atom. The number of aryl methyl sites for hydroxylation is 1. The van der Waals surface area contributed by atoms with E-state index in [1.807, 2.05) is 13.0 Å². The molecule has 1 aliphatic carbocycles. The zero-order valence-electron chi connectivity index (χ0n) is 8.82. The highest BCUT2D eigenvalue weighted by Crippen LogP contribution is 2.47. The Labute approximate surface area is 89.7 Å². The summed E-state index contributed by atoms with van der Waals surface area (Å²) in [5.74, 6) is 0. The van der Waals surface area contributed by atoms with Gasteiger partial charge in [-0.15, -0.1) is 0 Å². The maximum absolute atomic E-state index is 11.6. The van der Waals surface area contributed by atoms with Crippen LogP contribution in [0.25, 0.3) is 0 Å². The summed E-state index contributed by atoms with van der Waals surface area (Å²) in [6, 6.07) is 5.18. The Morgan fingerprint density at radius 2 is 1.93 bits per heavy atom. The van der Waals surface area contributed by atoms with Gasteiger partial charge in [-0.2, -0.15) is 0 Å². The van der Waals surface area contributed by atoms with Crippen LogP contribution in [0.15, 0.2) is 23.1 Å². The fraction of sp³-hybridized carbons (Fsp3) is 0.455. The molecule has 1 aromatic carbocycles. The smallest absolute Gasteiger partial charge is 0.175 e. The molecule has 82 valence electrons. The Bertz CT molecular complexity index is 499. The minimum Gasteiger partial charge on any atom is -0.385 e. The Hall–Kier alpha value is -0.870. The molecule has 1 fully saturated rings. The minimum absolute atomic E-state index is 0.266. The summed E-state index contributed by atoms with van der Waals surface area (Å²) in [5, 5.41) is 9.97. The second-order valence-corrected chi connectivity index (χ2v) is 6.29. The van der Waals surface area contributed by atoms with Gasteiger partial charge >= 0.3 is 0 Å². The van der Waals surface area contributed by atoms with Crippen molar-refractivity contribution in [1.82, 2.24) is 0 Å². The summed E-state index contributed by atoms with van der Waals surface area (Å²) in [4.78, 5) is 0.266. The van der Waals surface area contributed by atoms with Crippen LogP contribution in [0, 0.1) is 6.92 Å². The van der Waals surface area contributed by atoms with Crippen LogP contribution in [0.2, 0.25) is 0 Å². The van der Waals surface area contributed by atoms with Crippen molar-refractivity contribution in [1.29, 1.82) is 0 Å². The van der Waals surface area contributed by atoms with Gasteiger partial charge in [-0.3, -0.25) is 0 Å². The van der Waals surface area contributed by atoms with Gasteiger partial charge < -0.3 is 5.11 Å². The van der Waals surface area contributed by atoms with E-state index in [1.165, 1.54) is 6.26 Å². The van der Waals surface area contributed by atoms with Gasteiger partial charge in [-0.1, -0.05) is 12.1 Å². The summed E-state index contributed by atoms with van der Waals surface area (Å²) in [6.45, 7) is 1.84. The summed E-state index contributed by atoms with van der Waals surface area (Å²) in [6.07, 6.45) is 2.48. The summed E-state index contributed by atoms with van der Waals surface area (Å²) < 4.78 is 23.1. The van der Waals surface area contributed by atoms with E-state index in [-0.39, 0.29) is 4.90 Å². The Morgan fingerprint density at radius 1 is 1.33 bits per heavy atom. The Balaban J connectivity index is 2.65. The lowest BCUT2D eigenvalue weighted by Gasteiger charge is -2.13. The van der Waals surface area contributed by atoms with Crippen LogP contribution < -0.4 is 0 Å². The molecule has 0 amide bonds. The van der Waals surface area contributed by atoms with Gasteiger partial charge in [0.2, 0.25) is 0 Å². The van der Waals surface area contributed by atoms with Gasteiger partial charge in [-0.05, 0) is 31.4 Å². The highest BCUT2D eigenvalue weighted by molar-refractivity contribution is 7.90. The third-order valence-corrected chi connectivity index (χ3v) is 3.90. The van der Waals surface area contributed by atoms with E-state index in [1.54, 1.807) is 12.1 Å². The van der Waals surface area contributed by atoms with E-state index in [2.05, 4.69) is 0 Å². The summed E-state index contributed by atoms with van der Waals surface area (Å²) in [5.41, 5.74) is 0.547. The van der Waals surface area contributed by atoms with Crippen LogP contribution in [0.1, 0.15) is 24.0 Å². The summed E-state index contributed by atoms with van der Waals surface area (Å²) in [7, 11) is -3.26. The molecule has 1 N–H and O–H groups in total. The van der Waals surface area contributed by atoms with E-state index >= 15 is 0 Å². The lowest BCUT2D eigenvalue weighted by atomic mass is 10.1. The first-order valence-corrected chi connectivity index (χ1v) is 6.76. The molecule has 15 heavy (non-hydrogen) atoms. The number of benzene rings is 1. The number of hydrogen-bond acceptors (Lipinski definition) is 3. The van der Waals surface area contributed by atoms with Crippen molar-refractivity contribution >= 4 is 9.84 Å². The van der Waals surface area contributed by atoms with Crippen molar-refractivity contribution in [3.8, 4) is 0 Å². The first kappa shape index (κ1) is 10.6. The number of rotatable bonds is 2. The normalized spacial score (nSPS) is 18.9. The van der Waals surface area contributed by atoms with Crippen LogP contribution >= 0.6 is 0 Å². The molecule has 0 heterocycles. The average Bonchev–Trinajstić information content (AvgIpc) is 2.83. The molecule has 1 aliphatic rings. The van der Waals surface area contributed by atoms with E-state index in [0.717, 1.165) is 5.56 Å². The molecule has 2 rings (SSSR count). The SMILES string of the molecule is Cc1ccc(C2(O)CC2)c(S(C)(=O)=O)c1. The van der Waals surface area contributed by atoms with Crippen molar-refractivity contribution in [3.05, 3.63) is 29.3 Å². The predicted molar refractivity (Wildman–Crippen MR) is 57.4 cm³/mol. The highest BCUT2D eigenvalue weighted by atomic mass is 32.2. The lowest BCUT2D eigenvalue weighted by molar-refractivity contribution is 0.148. The average molecular weight is 226 g/mol. The topological polar surface area (TPSA) is 54.4 Å². The van der Waals surface area contributed by atoms with Crippen molar-refractivity contribution in [2.75, 3.05) is 6.26 Å². The first-order valence-electron chi connectivity index (χ1n) is 4.86. The molecule has 0 aromatic heterocycles. The van der Waals surface area contributed by atoms with Gasteiger partial charge in [-0.25, -0.2) is 8.42 Å². The molecule has 0 bridgehead atoms. The fourth-order valence-corrected chi connectivity index (χ4v) is 2.77. The molecule has 4 heteroatoms. The first-order chi connectivity index (χ1) is 6.83. The molecule has 3 nitrogen and oxygen atoms in total. The van der Waals surface area contributed by atoms with Crippen molar-refractivity contribution < 1.29 is 13.5 Å². The second-order valence-electron chi connectivity index (χ2n) is 4.30. The Kier molecular flexibility index (Phi) is 2.17. The van der Waals surface area contributed by atoms with Crippen molar-refractivity contribution in [2.45, 2.75) is 30.3 Å². The number of aliphatic hydroxyl groups is 1. The predicted octanol–water partition coefficient (Wildman–Crippen LogP) is 1.38. The van der Waals surface area contributed by atoms with Gasteiger partial charge in [0.15, 0.2) is 9.84 Å². The second kappa shape index (κ2) is 3.06. The molecule has 0 atom stereocenters. The zero-order chi connectivity index (χ0) is 11.3. The fourth-order valence-electron chi connectivity index (χ4n) is 1.71. The summed E-state index contributed by atoms with van der Waals surface area (Å²) >= 11 is 0. The van der Waals surface area contributed by atoms with E-state index in [4.69, 9.17) is 0 Å². The van der Waals surface area contributed by atoms with E-state index in [9.17, 15) is 13.5 Å². The van der Waals surface area contributed by atoms with E-state index < -0.39 is 15.4 Å². The van der Waals surface area contributed by atoms with Crippen LogP contribution in [-0.4, -0.2) is 19.8 Å². The molecular formula is C11H14O3S. The number of hydrogen-bond donors (Lipinski definition) is 1. The van der Waals surface area contributed by atoms with Gasteiger partial charge in [0.1, 0.15) is 0 Å². The standard InChI is InChI=1S/C11H14O3S/c1-8-3-4-9(11(12)5-6-11)10(7-8)15(2,13)14/h3-4,7,12H,5-6H2,1-2H3. The van der Waals surface area contributed by atoms with Gasteiger partial charge in [0.25, 0.3) is 0 Å². The molecule has 0 unspecified atom stereocenters. The van der Waals surface area contributed by atoms with Crippen LogP contribution in [0.4, 0.5) is 0 Å². The third-order valence-electron chi connectivity index (χ3n) is 2.76. The minimum atomic E-state index is -3.26. The molecule has 0 aliphatic heterocycles. The van der Waals surface area contributed by atoms with E-state index in [0.29, 0.717) is 18.4 Å².